The molecule has 8 heteroatoms. The molecule has 0 unspecified atom stereocenters. The van der Waals surface area contributed by atoms with Gasteiger partial charge in [0.2, 0.25) is 0 Å². The summed E-state index contributed by atoms with van der Waals surface area (Å²) in [6.07, 6.45) is 0. The fraction of sp³-hybridized carbons (Fsp3) is 1.00. The molecular formula is C3H8F3NO3S. The van der Waals surface area contributed by atoms with Gasteiger partial charge in [0, 0.05) is 6.61 Å². The first kappa shape index (κ1) is 13.3. The Bertz CT molecular complexity index is 184. The second-order valence-electron chi connectivity index (χ2n) is 1.31. The molecule has 0 radical (unpaired) electrons. The van der Waals surface area contributed by atoms with Gasteiger partial charge in [-0.25, -0.2) is 13.6 Å². The lowest BCUT2D eigenvalue weighted by atomic mass is 10.9. The highest BCUT2D eigenvalue weighted by Gasteiger charge is 2.42. The second-order valence-corrected chi connectivity index (χ2v) is 2.86. The van der Waals surface area contributed by atoms with Gasteiger partial charge in [-0.3, -0.25) is 0 Å². The third-order valence-electron chi connectivity index (χ3n) is 0.323. The summed E-state index contributed by atoms with van der Waals surface area (Å²) in [7, 11) is -5.34. The molecule has 0 aromatic carbocycles. The monoisotopic (exact) mass is 195 g/mol. The lowest BCUT2D eigenvalue weighted by molar-refractivity contribution is -0.0436. The number of sulfonamides is 1. The smallest absolute Gasteiger partial charge is 0.397 e. The van der Waals surface area contributed by atoms with E-state index < -0.39 is 15.5 Å². The minimum absolute atomic E-state index is 0.250. The summed E-state index contributed by atoms with van der Waals surface area (Å²) in [6, 6.07) is 0. The Balaban J connectivity index is 0. The first-order chi connectivity index (χ1) is 4.66. The Morgan fingerprint density at radius 2 is 1.55 bits per heavy atom. The Hall–Kier alpha value is -0.340. The highest BCUT2D eigenvalue weighted by molar-refractivity contribution is 7.90. The van der Waals surface area contributed by atoms with Crippen LogP contribution in [0.2, 0.25) is 0 Å². The van der Waals surface area contributed by atoms with Crippen LogP contribution in [0.1, 0.15) is 6.92 Å². The van der Waals surface area contributed by atoms with Crippen LogP contribution < -0.4 is 5.14 Å². The number of hydrogen-bond donors (Lipinski definition) is 2. The van der Waals surface area contributed by atoms with E-state index in [1.165, 1.54) is 0 Å². The van der Waals surface area contributed by atoms with Crippen LogP contribution in [0.25, 0.3) is 0 Å². The first-order valence-electron chi connectivity index (χ1n) is 2.36. The summed E-state index contributed by atoms with van der Waals surface area (Å²) >= 11 is 0. The Morgan fingerprint density at radius 3 is 1.55 bits per heavy atom. The first-order valence-corrected chi connectivity index (χ1v) is 3.91. The third kappa shape index (κ3) is 7.56. The summed E-state index contributed by atoms with van der Waals surface area (Å²) in [5, 5.41) is 11.2. The van der Waals surface area contributed by atoms with Crippen molar-refractivity contribution in [3.05, 3.63) is 0 Å². The minimum Gasteiger partial charge on any atom is -0.397 e. The number of nitrogens with two attached hydrogens (primary N) is 1. The van der Waals surface area contributed by atoms with E-state index in [1.807, 2.05) is 0 Å². The maximum absolute atomic E-state index is 10.8. The molecule has 0 rings (SSSR count). The lowest BCUT2D eigenvalue weighted by Crippen LogP contribution is -2.30. The molecular weight excluding hydrogens is 187 g/mol. The van der Waals surface area contributed by atoms with Crippen molar-refractivity contribution in [2.24, 2.45) is 5.14 Å². The molecule has 0 fully saturated rings. The van der Waals surface area contributed by atoms with Crippen molar-refractivity contribution in [1.29, 1.82) is 0 Å². The molecule has 0 aliphatic carbocycles. The van der Waals surface area contributed by atoms with Gasteiger partial charge in [0.15, 0.2) is 0 Å². The molecule has 0 atom stereocenters. The molecule has 70 valence electrons. The van der Waals surface area contributed by atoms with Crippen molar-refractivity contribution in [2.75, 3.05) is 6.61 Å². The van der Waals surface area contributed by atoms with Crippen molar-refractivity contribution in [1.82, 2.24) is 0 Å². The molecule has 0 spiro atoms. The summed E-state index contributed by atoms with van der Waals surface area (Å²) in [5.41, 5.74) is -5.31. The SMILES string of the molecule is CCO.NS(=O)(=O)C(F)(F)F. The molecule has 0 aromatic rings. The van der Waals surface area contributed by atoms with Crippen molar-refractivity contribution < 1.29 is 26.7 Å². The number of alkyl halides is 3. The molecule has 0 amide bonds. The minimum atomic E-state index is -5.34. The van der Waals surface area contributed by atoms with E-state index in [4.69, 9.17) is 5.11 Å². The molecule has 0 saturated carbocycles. The summed E-state index contributed by atoms with van der Waals surface area (Å²) in [6.45, 7) is 1.93. The fourth-order valence-corrected chi connectivity index (χ4v) is 0. The van der Waals surface area contributed by atoms with E-state index in [-0.39, 0.29) is 6.61 Å². The Labute approximate surface area is 61.9 Å². The molecule has 4 nitrogen and oxygen atoms in total. The number of aliphatic hydroxyl groups excluding tert-OH is 1. The number of halogens is 3. The van der Waals surface area contributed by atoms with Crippen molar-refractivity contribution in [3.8, 4) is 0 Å². The number of aliphatic hydroxyl groups is 1. The second kappa shape index (κ2) is 4.52. The predicted octanol–water partition coefficient (Wildman–Crippen LogP) is -0.207. The van der Waals surface area contributed by atoms with Crippen molar-refractivity contribution in [2.45, 2.75) is 12.4 Å². The maximum atomic E-state index is 10.8. The number of rotatable bonds is 0. The Morgan fingerprint density at radius 1 is 1.45 bits per heavy atom. The van der Waals surface area contributed by atoms with Crippen LogP contribution in [0.15, 0.2) is 0 Å². The van der Waals surface area contributed by atoms with E-state index in [0.29, 0.717) is 0 Å². The van der Waals surface area contributed by atoms with Crippen molar-refractivity contribution >= 4 is 10.0 Å². The number of primary sulfonamides is 1. The standard InChI is InChI=1S/C2H6O.CH2F3NO2S/c1-2-3;2-1(3,4)8(5,6)7/h3H,2H2,1H3;(H2,5,6,7). The van der Waals surface area contributed by atoms with E-state index in [2.05, 4.69) is 5.14 Å². The molecule has 0 heterocycles. The zero-order valence-electron chi connectivity index (χ0n) is 5.59. The number of hydrogen-bond acceptors (Lipinski definition) is 3. The van der Waals surface area contributed by atoms with E-state index in [9.17, 15) is 21.6 Å². The van der Waals surface area contributed by atoms with E-state index in [0.717, 1.165) is 0 Å². The van der Waals surface area contributed by atoms with Gasteiger partial charge in [0.05, 0.1) is 0 Å². The van der Waals surface area contributed by atoms with Crippen LogP contribution in [0, 0.1) is 0 Å². The van der Waals surface area contributed by atoms with Gasteiger partial charge >= 0.3 is 15.5 Å². The highest BCUT2D eigenvalue weighted by Crippen LogP contribution is 2.18. The third-order valence-corrected chi connectivity index (χ3v) is 0.968. The zero-order valence-corrected chi connectivity index (χ0v) is 6.41. The van der Waals surface area contributed by atoms with E-state index >= 15 is 0 Å². The average Bonchev–Trinajstić information content (AvgIpc) is 1.60. The molecule has 0 aliphatic rings. The lowest BCUT2D eigenvalue weighted by Gasteiger charge is -1.98. The molecule has 3 N–H and O–H groups in total. The van der Waals surface area contributed by atoms with Crippen LogP contribution >= 0.6 is 0 Å². The normalized spacial score (nSPS) is 11.8. The van der Waals surface area contributed by atoms with Gasteiger partial charge in [0.25, 0.3) is 0 Å². The summed E-state index contributed by atoms with van der Waals surface area (Å²) < 4.78 is 51.2. The van der Waals surface area contributed by atoms with Crippen LogP contribution in [-0.4, -0.2) is 25.6 Å². The van der Waals surface area contributed by atoms with Crippen LogP contribution in [0.4, 0.5) is 13.2 Å². The average molecular weight is 195 g/mol. The van der Waals surface area contributed by atoms with E-state index in [1.54, 1.807) is 6.92 Å². The fourth-order valence-electron chi connectivity index (χ4n) is 0. The van der Waals surface area contributed by atoms with Gasteiger partial charge < -0.3 is 5.11 Å². The zero-order chi connectivity index (χ0) is 9.71. The van der Waals surface area contributed by atoms with Crippen molar-refractivity contribution in [3.63, 3.8) is 0 Å². The maximum Gasteiger partial charge on any atom is 0.511 e. The summed E-state index contributed by atoms with van der Waals surface area (Å²) in [5.74, 6) is 0. The van der Waals surface area contributed by atoms with Crippen LogP contribution in [-0.2, 0) is 10.0 Å². The summed E-state index contributed by atoms with van der Waals surface area (Å²) in [4.78, 5) is 0. The molecule has 0 saturated heterocycles. The molecule has 11 heavy (non-hydrogen) atoms. The highest BCUT2D eigenvalue weighted by atomic mass is 32.2. The van der Waals surface area contributed by atoms with Gasteiger partial charge in [-0.2, -0.15) is 13.2 Å². The van der Waals surface area contributed by atoms with Crippen LogP contribution in [0.5, 0.6) is 0 Å². The van der Waals surface area contributed by atoms with Gasteiger partial charge in [-0.1, -0.05) is 0 Å². The van der Waals surface area contributed by atoms with Crippen LogP contribution in [0.3, 0.4) is 0 Å². The Kier molecular flexibility index (Phi) is 5.45. The van der Waals surface area contributed by atoms with Gasteiger partial charge in [-0.05, 0) is 6.92 Å². The largest absolute Gasteiger partial charge is 0.511 e. The van der Waals surface area contributed by atoms with Gasteiger partial charge in [-0.15, -0.1) is 0 Å². The molecule has 0 bridgehead atoms. The molecule has 0 aliphatic heterocycles. The predicted molar refractivity (Wildman–Crippen MR) is 31.9 cm³/mol. The quantitative estimate of drug-likeness (QED) is 0.561. The molecule has 0 aromatic heterocycles. The van der Waals surface area contributed by atoms with Gasteiger partial charge in [0.1, 0.15) is 0 Å². The topological polar surface area (TPSA) is 80.4 Å².